The van der Waals surface area contributed by atoms with E-state index in [-0.39, 0.29) is 4.90 Å². The van der Waals surface area contributed by atoms with Gasteiger partial charge in [-0.2, -0.15) is 0 Å². The van der Waals surface area contributed by atoms with E-state index < -0.39 is 15.8 Å². The number of sulfonamides is 1. The van der Waals surface area contributed by atoms with Crippen LogP contribution in [0, 0.1) is 30.5 Å². The molecule has 1 aromatic rings. The Morgan fingerprint density at radius 2 is 2.10 bits per heavy atom. The molecule has 0 amide bonds. The molecule has 0 aromatic heterocycles. The molecule has 3 atom stereocenters. The summed E-state index contributed by atoms with van der Waals surface area (Å²) in [4.78, 5) is 0.164. The van der Waals surface area contributed by atoms with Crippen molar-refractivity contribution in [1.82, 2.24) is 4.72 Å². The fraction of sp³-hybridized carbons (Fsp3) is 0.467. The number of benzene rings is 1. The summed E-state index contributed by atoms with van der Waals surface area (Å²) >= 11 is 0. The molecule has 108 valence electrons. The van der Waals surface area contributed by atoms with Crippen LogP contribution in [-0.2, 0) is 10.0 Å². The Kier molecular flexibility index (Phi) is 3.42. The molecule has 0 heterocycles. The number of hydrogen-bond donors (Lipinski definition) is 1. The summed E-state index contributed by atoms with van der Waals surface area (Å²) in [6.45, 7) is 2.07. The van der Waals surface area contributed by atoms with Gasteiger partial charge in [-0.15, -0.1) is 0 Å². The number of nitrogens with one attached hydrogen (secondary N) is 1. The molecule has 2 aliphatic rings. The molecule has 1 aromatic carbocycles. The highest BCUT2D eigenvalue weighted by molar-refractivity contribution is 7.89. The molecule has 1 N–H and O–H groups in total. The van der Waals surface area contributed by atoms with Gasteiger partial charge in [0.15, 0.2) is 0 Å². The second-order valence-corrected chi connectivity index (χ2v) is 7.54. The molecule has 20 heavy (non-hydrogen) atoms. The first-order valence-electron chi connectivity index (χ1n) is 6.90. The Morgan fingerprint density at radius 3 is 2.70 bits per heavy atom. The van der Waals surface area contributed by atoms with Crippen LogP contribution in [0.15, 0.2) is 35.2 Å². The van der Waals surface area contributed by atoms with E-state index in [9.17, 15) is 12.8 Å². The number of fused-ring (bicyclic) bond motifs is 2. The van der Waals surface area contributed by atoms with E-state index in [0.717, 1.165) is 12.8 Å². The summed E-state index contributed by atoms with van der Waals surface area (Å²) in [6, 6.07) is 3.75. The van der Waals surface area contributed by atoms with Crippen molar-refractivity contribution in [2.24, 2.45) is 17.8 Å². The topological polar surface area (TPSA) is 46.2 Å². The Bertz CT molecular complexity index is 654. The Balaban J connectivity index is 1.71. The van der Waals surface area contributed by atoms with Gasteiger partial charge >= 0.3 is 0 Å². The van der Waals surface area contributed by atoms with Crippen LogP contribution in [0.3, 0.4) is 0 Å². The number of halogens is 1. The van der Waals surface area contributed by atoms with Crippen molar-refractivity contribution in [3.8, 4) is 0 Å². The maximum absolute atomic E-state index is 13.0. The third kappa shape index (κ3) is 2.52. The van der Waals surface area contributed by atoms with Crippen LogP contribution in [-0.4, -0.2) is 15.0 Å². The van der Waals surface area contributed by atoms with Crippen molar-refractivity contribution in [3.05, 3.63) is 41.7 Å². The largest absolute Gasteiger partial charge is 0.240 e. The lowest BCUT2D eigenvalue weighted by molar-refractivity contribution is 0.440. The number of allylic oxidation sites excluding steroid dienone is 2. The van der Waals surface area contributed by atoms with Crippen molar-refractivity contribution < 1.29 is 12.8 Å². The molecular formula is C15H18FNO2S. The predicted octanol–water partition coefficient (Wildman–Crippen LogP) is 2.62. The van der Waals surface area contributed by atoms with Gasteiger partial charge in [-0.05, 0) is 61.3 Å². The van der Waals surface area contributed by atoms with E-state index in [4.69, 9.17) is 0 Å². The smallest absolute Gasteiger partial charge is 0.211 e. The zero-order chi connectivity index (χ0) is 14.3. The molecule has 3 rings (SSSR count). The molecular weight excluding hydrogens is 277 g/mol. The summed E-state index contributed by atoms with van der Waals surface area (Å²) in [6.07, 6.45) is 6.66. The van der Waals surface area contributed by atoms with Crippen LogP contribution in [0.5, 0.6) is 0 Å². The maximum atomic E-state index is 13.0. The first-order chi connectivity index (χ1) is 9.45. The van der Waals surface area contributed by atoms with Gasteiger partial charge in [0.25, 0.3) is 0 Å². The highest BCUT2D eigenvalue weighted by Crippen LogP contribution is 2.43. The van der Waals surface area contributed by atoms with Crippen LogP contribution >= 0.6 is 0 Å². The van der Waals surface area contributed by atoms with Gasteiger partial charge < -0.3 is 0 Å². The minimum absolute atomic E-state index is 0.164. The standard InChI is InChI=1S/C15H18FNO2S/c1-10-6-14(16)4-5-15(10)20(18,19)17-9-13-8-11-2-3-12(13)7-11/h2-6,11-13,17H,7-9H2,1H3/t11-,12-,13-/m0/s1. The number of rotatable bonds is 4. The molecule has 0 unspecified atom stereocenters. The van der Waals surface area contributed by atoms with Gasteiger partial charge in [0.2, 0.25) is 10.0 Å². The quantitative estimate of drug-likeness (QED) is 0.868. The van der Waals surface area contributed by atoms with E-state index in [0.29, 0.717) is 29.9 Å². The minimum Gasteiger partial charge on any atom is -0.211 e. The first kappa shape index (κ1) is 13.8. The lowest BCUT2D eigenvalue weighted by Crippen LogP contribution is -2.31. The summed E-state index contributed by atoms with van der Waals surface area (Å²) in [5.41, 5.74) is 0.435. The van der Waals surface area contributed by atoms with Crippen LogP contribution in [0.4, 0.5) is 4.39 Å². The van der Waals surface area contributed by atoms with Crippen molar-refractivity contribution in [3.63, 3.8) is 0 Å². The Morgan fingerprint density at radius 1 is 1.30 bits per heavy atom. The predicted molar refractivity (Wildman–Crippen MR) is 75.2 cm³/mol. The van der Waals surface area contributed by atoms with E-state index in [2.05, 4.69) is 16.9 Å². The Labute approximate surface area is 118 Å². The lowest BCUT2D eigenvalue weighted by Gasteiger charge is -2.19. The highest BCUT2D eigenvalue weighted by Gasteiger charge is 2.36. The summed E-state index contributed by atoms with van der Waals surface area (Å²) < 4.78 is 40.3. The molecule has 2 aliphatic carbocycles. The lowest BCUT2D eigenvalue weighted by atomic mass is 9.94. The van der Waals surface area contributed by atoms with Crippen molar-refractivity contribution in [2.75, 3.05) is 6.54 Å². The van der Waals surface area contributed by atoms with Gasteiger partial charge in [-0.3, -0.25) is 0 Å². The molecule has 0 saturated heterocycles. The van der Waals surface area contributed by atoms with Crippen LogP contribution in [0.2, 0.25) is 0 Å². The molecule has 0 spiro atoms. The molecule has 1 fully saturated rings. The normalized spacial score (nSPS) is 28.2. The second-order valence-electron chi connectivity index (χ2n) is 5.80. The average Bonchev–Trinajstić information content (AvgIpc) is 2.98. The summed E-state index contributed by atoms with van der Waals surface area (Å²) in [7, 11) is -3.55. The van der Waals surface area contributed by atoms with Crippen molar-refractivity contribution >= 4 is 10.0 Å². The molecule has 5 heteroatoms. The van der Waals surface area contributed by atoms with E-state index in [1.165, 1.54) is 18.2 Å². The zero-order valence-electron chi connectivity index (χ0n) is 11.3. The van der Waals surface area contributed by atoms with Crippen molar-refractivity contribution in [2.45, 2.75) is 24.7 Å². The first-order valence-corrected chi connectivity index (χ1v) is 8.38. The minimum atomic E-state index is -3.55. The number of hydrogen-bond acceptors (Lipinski definition) is 2. The fourth-order valence-corrected chi connectivity index (χ4v) is 4.66. The molecule has 0 radical (unpaired) electrons. The fourth-order valence-electron chi connectivity index (χ4n) is 3.34. The maximum Gasteiger partial charge on any atom is 0.240 e. The third-order valence-electron chi connectivity index (χ3n) is 4.38. The molecule has 1 saturated carbocycles. The van der Waals surface area contributed by atoms with Gasteiger partial charge in [0.1, 0.15) is 5.82 Å². The SMILES string of the molecule is Cc1cc(F)ccc1S(=O)(=O)NC[C@@H]1C[C@H]2C=C[C@H]1C2. The zero-order valence-corrected chi connectivity index (χ0v) is 12.2. The summed E-state index contributed by atoms with van der Waals surface area (Å²) in [5, 5.41) is 0. The Hall–Kier alpha value is -1.20. The van der Waals surface area contributed by atoms with Crippen LogP contribution < -0.4 is 4.72 Å². The molecule has 3 nitrogen and oxygen atoms in total. The van der Waals surface area contributed by atoms with Gasteiger partial charge in [0.05, 0.1) is 4.90 Å². The number of aryl methyl sites for hydroxylation is 1. The van der Waals surface area contributed by atoms with Gasteiger partial charge in [-0.1, -0.05) is 12.2 Å². The highest BCUT2D eigenvalue weighted by atomic mass is 32.2. The average molecular weight is 295 g/mol. The van der Waals surface area contributed by atoms with Gasteiger partial charge in [0, 0.05) is 6.54 Å². The van der Waals surface area contributed by atoms with Crippen LogP contribution in [0.1, 0.15) is 18.4 Å². The van der Waals surface area contributed by atoms with E-state index >= 15 is 0 Å². The molecule has 2 bridgehead atoms. The van der Waals surface area contributed by atoms with E-state index in [1.54, 1.807) is 6.92 Å². The monoisotopic (exact) mass is 295 g/mol. The van der Waals surface area contributed by atoms with Crippen molar-refractivity contribution in [1.29, 1.82) is 0 Å². The van der Waals surface area contributed by atoms with E-state index in [1.807, 2.05) is 0 Å². The van der Waals surface area contributed by atoms with Crippen LogP contribution in [0.25, 0.3) is 0 Å². The third-order valence-corrected chi connectivity index (χ3v) is 5.96. The molecule has 0 aliphatic heterocycles. The second kappa shape index (κ2) is 4.97. The summed E-state index contributed by atoms with van der Waals surface area (Å²) in [5.74, 6) is 1.11. The van der Waals surface area contributed by atoms with Gasteiger partial charge in [-0.25, -0.2) is 17.5 Å².